The average Bonchev–Trinajstić information content (AvgIpc) is 2.84. The summed E-state index contributed by atoms with van der Waals surface area (Å²) in [6.07, 6.45) is 1.30. The van der Waals surface area contributed by atoms with Gasteiger partial charge in [-0.2, -0.15) is 4.31 Å². The van der Waals surface area contributed by atoms with Gasteiger partial charge < -0.3 is 14.5 Å². The summed E-state index contributed by atoms with van der Waals surface area (Å²) < 4.78 is 45.7. The number of carbonyl (C=O) groups excluding carboxylic acids is 1. The van der Waals surface area contributed by atoms with E-state index in [9.17, 15) is 17.6 Å². The van der Waals surface area contributed by atoms with Gasteiger partial charge in [0.25, 0.3) is 0 Å². The first-order chi connectivity index (χ1) is 15.4. The molecule has 2 aromatic carbocycles. The zero-order valence-electron chi connectivity index (χ0n) is 18.1. The number of carbonyl (C=O) groups is 1. The summed E-state index contributed by atoms with van der Waals surface area (Å²) in [5.41, 5.74) is 1.09. The molecule has 9 heteroatoms. The van der Waals surface area contributed by atoms with Crippen molar-refractivity contribution in [3.05, 3.63) is 54.3 Å². The number of anilines is 1. The van der Waals surface area contributed by atoms with Crippen molar-refractivity contribution in [1.29, 1.82) is 0 Å². The standard InChI is InChI=1S/C23H28FN3O4S/c1-31-21-8-6-20(7-9-21)25-13-15-26(16-14-25)23(28)18-3-2-12-27(17-18)32(29,30)22-10-4-19(24)5-11-22/h4-11,18H,2-3,12-17H2,1H3/t18-/m1/s1. The van der Waals surface area contributed by atoms with Crippen molar-refractivity contribution in [2.24, 2.45) is 5.92 Å². The number of piperidine rings is 1. The van der Waals surface area contributed by atoms with E-state index in [1.165, 1.54) is 16.4 Å². The second-order valence-electron chi connectivity index (χ2n) is 8.17. The Hall–Kier alpha value is -2.65. The molecule has 0 spiro atoms. The monoisotopic (exact) mass is 461 g/mol. The van der Waals surface area contributed by atoms with Crippen LogP contribution in [0.1, 0.15) is 12.8 Å². The summed E-state index contributed by atoms with van der Waals surface area (Å²) in [6, 6.07) is 12.7. The number of hydrogen-bond acceptors (Lipinski definition) is 5. The second-order valence-corrected chi connectivity index (χ2v) is 10.1. The van der Waals surface area contributed by atoms with Gasteiger partial charge in [0.1, 0.15) is 11.6 Å². The van der Waals surface area contributed by atoms with Gasteiger partial charge in [-0.1, -0.05) is 0 Å². The Morgan fingerprint density at radius 1 is 0.969 bits per heavy atom. The third-order valence-corrected chi connectivity index (χ3v) is 8.09. The third kappa shape index (κ3) is 4.73. The Balaban J connectivity index is 1.36. The minimum atomic E-state index is -3.75. The van der Waals surface area contributed by atoms with Crippen LogP contribution in [0.2, 0.25) is 0 Å². The Kier molecular flexibility index (Phi) is 6.66. The quantitative estimate of drug-likeness (QED) is 0.685. The maximum Gasteiger partial charge on any atom is 0.243 e. The van der Waals surface area contributed by atoms with E-state index < -0.39 is 15.8 Å². The zero-order valence-corrected chi connectivity index (χ0v) is 18.9. The van der Waals surface area contributed by atoms with Crippen LogP contribution in [0, 0.1) is 11.7 Å². The molecule has 0 aliphatic carbocycles. The Morgan fingerprint density at radius 2 is 1.62 bits per heavy atom. The van der Waals surface area contributed by atoms with Crippen LogP contribution in [0.3, 0.4) is 0 Å². The molecular formula is C23H28FN3O4S. The lowest BCUT2D eigenvalue weighted by Gasteiger charge is -2.39. The lowest BCUT2D eigenvalue weighted by molar-refractivity contribution is -0.137. The van der Waals surface area contributed by atoms with E-state index in [2.05, 4.69) is 4.90 Å². The summed E-state index contributed by atoms with van der Waals surface area (Å²) in [7, 11) is -2.11. The molecule has 2 fully saturated rings. The molecule has 0 bridgehead atoms. The number of rotatable bonds is 5. The predicted octanol–water partition coefficient (Wildman–Crippen LogP) is 2.58. The third-order valence-electron chi connectivity index (χ3n) is 6.21. The van der Waals surface area contributed by atoms with Crippen molar-refractivity contribution < 1.29 is 22.3 Å². The van der Waals surface area contributed by atoms with Gasteiger partial charge in [-0.05, 0) is 61.4 Å². The summed E-state index contributed by atoms with van der Waals surface area (Å²) in [4.78, 5) is 17.3. The van der Waals surface area contributed by atoms with E-state index in [4.69, 9.17) is 4.74 Å². The Bertz CT molecular complexity index is 1040. The Morgan fingerprint density at radius 3 is 2.25 bits per heavy atom. The van der Waals surface area contributed by atoms with Crippen LogP contribution >= 0.6 is 0 Å². The summed E-state index contributed by atoms with van der Waals surface area (Å²) >= 11 is 0. The highest BCUT2D eigenvalue weighted by Crippen LogP contribution is 2.26. The highest BCUT2D eigenvalue weighted by atomic mass is 32.2. The summed E-state index contributed by atoms with van der Waals surface area (Å²) in [6.45, 7) is 3.19. The van der Waals surface area contributed by atoms with Gasteiger partial charge >= 0.3 is 0 Å². The number of piperazine rings is 1. The molecule has 0 saturated carbocycles. The number of hydrogen-bond donors (Lipinski definition) is 0. The smallest absolute Gasteiger partial charge is 0.243 e. The lowest BCUT2D eigenvalue weighted by atomic mass is 9.97. The predicted molar refractivity (Wildman–Crippen MR) is 120 cm³/mol. The molecule has 2 saturated heterocycles. The first-order valence-electron chi connectivity index (χ1n) is 10.8. The SMILES string of the molecule is COc1ccc(N2CCN(C(=O)[C@@H]3CCCN(S(=O)(=O)c4ccc(F)cc4)C3)CC2)cc1. The van der Waals surface area contributed by atoms with E-state index >= 15 is 0 Å². The Labute approximate surface area is 188 Å². The highest BCUT2D eigenvalue weighted by Gasteiger charge is 2.35. The van der Waals surface area contributed by atoms with Crippen LogP contribution in [0.5, 0.6) is 5.75 Å². The molecule has 32 heavy (non-hydrogen) atoms. The van der Waals surface area contributed by atoms with Crippen molar-refractivity contribution in [3.63, 3.8) is 0 Å². The fourth-order valence-corrected chi connectivity index (χ4v) is 5.88. The van der Waals surface area contributed by atoms with E-state index in [1.54, 1.807) is 7.11 Å². The summed E-state index contributed by atoms with van der Waals surface area (Å²) in [5, 5.41) is 0. The van der Waals surface area contributed by atoms with Gasteiger partial charge in [-0.15, -0.1) is 0 Å². The van der Waals surface area contributed by atoms with Crippen LogP contribution in [-0.4, -0.2) is 69.9 Å². The number of benzene rings is 2. The van der Waals surface area contributed by atoms with Crippen LogP contribution in [-0.2, 0) is 14.8 Å². The van der Waals surface area contributed by atoms with Crippen LogP contribution in [0.4, 0.5) is 10.1 Å². The fourth-order valence-electron chi connectivity index (χ4n) is 4.35. The van der Waals surface area contributed by atoms with Gasteiger partial charge in [0.2, 0.25) is 15.9 Å². The molecule has 0 radical (unpaired) electrons. The number of methoxy groups -OCH3 is 1. The van der Waals surface area contributed by atoms with Crippen LogP contribution in [0.25, 0.3) is 0 Å². The first kappa shape index (κ1) is 22.5. The molecule has 2 aliphatic rings. The minimum absolute atomic E-state index is 0.0124. The van der Waals surface area contributed by atoms with Crippen molar-refractivity contribution in [2.45, 2.75) is 17.7 Å². The first-order valence-corrected chi connectivity index (χ1v) is 12.3. The minimum Gasteiger partial charge on any atom is -0.497 e. The van der Waals surface area contributed by atoms with Crippen molar-refractivity contribution in [2.75, 3.05) is 51.3 Å². The van der Waals surface area contributed by atoms with Crippen molar-refractivity contribution in [3.8, 4) is 5.75 Å². The molecule has 4 rings (SSSR count). The molecular weight excluding hydrogens is 433 g/mol. The van der Waals surface area contributed by atoms with Crippen LogP contribution < -0.4 is 9.64 Å². The highest BCUT2D eigenvalue weighted by molar-refractivity contribution is 7.89. The molecule has 7 nitrogen and oxygen atoms in total. The maximum absolute atomic E-state index is 13.2. The summed E-state index contributed by atoms with van der Waals surface area (Å²) in [5.74, 6) is -0.0191. The van der Waals surface area contributed by atoms with Crippen molar-refractivity contribution >= 4 is 21.6 Å². The van der Waals surface area contributed by atoms with Gasteiger partial charge in [0, 0.05) is 45.0 Å². The number of nitrogens with zero attached hydrogens (tertiary/aromatic N) is 3. The topological polar surface area (TPSA) is 70.2 Å². The number of sulfonamides is 1. The molecule has 2 aliphatic heterocycles. The second kappa shape index (κ2) is 9.46. The average molecular weight is 462 g/mol. The molecule has 0 aromatic heterocycles. The molecule has 172 valence electrons. The van der Waals surface area contributed by atoms with E-state index in [0.29, 0.717) is 32.5 Å². The van der Waals surface area contributed by atoms with Gasteiger partial charge in [-0.25, -0.2) is 12.8 Å². The molecule has 0 N–H and O–H groups in total. The lowest BCUT2D eigenvalue weighted by Crippen LogP contribution is -2.53. The molecule has 1 amide bonds. The molecule has 0 unspecified atom stereocenters. The molecule has 2 heterocycles. The largest absolute Gasteiger partial charge is 0.497 e. The maximum atomic E-state index is 13.2. The molecule has 1 atom stereocenters. The van der Waals surface area contributed by atoms with Crippen LogP contribution in [0.15, 0.2) is 53.4 Å². The number of amides is 1. The fraction of sp³-hybridized carbons (Fsp3) is 0.435. The van der Waals surface area contributed by atoms with Gasteiger partial charge in [-0.3, -0.25) is 4.79 Å². The van der Waals surface area contributed by atoms with E-state index in [0.717, 1.165) is 36.7 Å². The van der Waals surface area contributed by atoms with E-state index in [-0.39, 0.29) is 23.3 Å². The van der Waals surface area contributed by atoms with Gasteiger partial charge in [0.15, 0.2) is 0 Å². The zero-order chi connectivity index (χ0) is 22.7. The van der Waals surface area contributed by atoms with Gasteiger partial charge in [0.05, 0.1) is 17.9 Å². The molecule has 2 aromatic rings. The van der Waals surface area contributed by atoms with E-state index in [1.807, 2.05) is 29.2 Å². The number of halogens is 1. The normalized spacial score (nSPS) is 20.2. The number of ether oxygens (including phenoxy) is 1. The van der Waals surface area contributed by atoms with Crippen molar-refractivity contribution in [1.82, 2.24) is 9.21 Å².